The normalized spacial score (nSPS) is 13.8. The van der Waals surface area contributed by atoms with E-state index in [1.807, 2.05) is 142 Å². The lowest BCUT2D eigenvalue weighted by Crippen LogP contribution is -2.48. The first kappa shape index (κ1) is 96.3. The van der Waals surface area contributed by atoms with Crippen LogP contribution in [0, 0.1) is 11.8 Å². The molecule has 0 aliphatic rings. The summed E-state index contributed by atoms with van der Waals surface area (Å²) >= 11 is 0. The minimum Gasteiger partial charge on any atom is -0.756 e. The second-order valence-electron chi connectivity index (χ2n) is 30.8. The van der Waals surface area contributed by atoms with Crippen molar-refractivity contribution < 1.29 is 94.6 Å². The van der Waals surface area contributed by atoms with Crippen molar-refractivity contribution >= 4 is 60.8 Å². The van der Waals surface area contributed by atoms with Gasteiger partial charge in [-0.1, -0.05) is 256 Å². The molecular formula is C90H129N4O19P. The molecule has 5 rings (SSSR count). The number of quaternary nitrogens is 1. The third-order valence-electron chi connectivity index (χ3n) is 19.7. The van der Waals surface area contributed by atoms with Gasteiger partial charge in [-0.15, -0.1) is 0 Å². The van der Waals surface area contributed by atoms with E-state index < -0.39 is 123 Å². The van der Waals surface area contributed by atoms with Crippen LogP contribution in [0.25, 0.3) is 0 Å². The van der Waals surface area contributed by atoms with E-state index in [-0.39, 0.29) is 77.2 Å². The van der Waals surface area contributed by atoms with E-state index in [1.54, 1.807) is 38.1 Å². The van der Waals surface area contributed by atoms with Crippen LogP contribution in [-0.2, 0) is 113 Å². The molecule has 0 spiro atoms. The molecule has 3 N–H and O–H groups in total. The van der Waals surface area contributed by atoms with Crippen LogP contribution in [0.4, 0.5) is 0 Å². The van der Waals surface area contributed by atoms with Gasteiger partial charge in [-0.2, -0.15) is 0 Å². The van der Waals surface area contributed by atoms with Crippen LogP contribution in [-0.4, -0.2) is 142 Å². The molecule has 5 aromatic rings. The number of benzene rings is 5. The largest absolute Gasteiger partial charge is 0.756 e. The Morgan fingerprint density at radius 3 is 1.46 bits per heavy atom. The Hall–Kier alpha value is -8.28. The molecule has 5 aromatic carbocycles. The summed E-state index contributed by atoms with van der Waals surface area (Å²) in [5.74, 6) is -6.41. The molecule has 24 heteroatoms. The number of esters is 3. The van der Waals surface area contributed by atoms with E-state index >= 15 is 0 Å². The van der Waals surface area contributed by atoms with Gasteiger partial charge in [-0.25, -0.2) is 4.79 Å². The van der Waals surface area contributed by atoms with Crippen LogP contribution in [0.3, 0.4) is 0 Å². The lowest BCUT2D eigenvalue weighted by Gasteiger charge is -2.28. The average molecular weight is 1600 g/mol. The number of Topliss-reactive ketones (excluding diaryl/α,β-unsaturated/α-hetero) is 3. The van der Waals surface area contributed by atoms with Crippen molar-refractivity contribution in [1.29, 1.82) is 0 Å². The number of nitrogens with one attached hydrogen (secondary N) is 3. The fraction of sp³-hybridized carbons (Fsp3) is 0.567. The van der Waals surface area contributed by atoms with E-state index in [2.05, 4.69) is 22.9 Å². The van der Waals surface area contributed by atoms with Crippen LogP contribution in [0.2, 0.25) is 0 Å². The summed E-state index contributed by atoms with van der Waals surface area (Å²) in [6.45, 7) is 6.28. The van der Waals surface area contributed by atoms with Gasteiger partial charge in [0.2, 0.25) is 17.7 Å². The number of ketones is 3. The van der Waals surface area contributed by atoms with Crippen molar-refractivity contribution in [1.82, 2.24) is 16.0 Å². The molecule has 0 aliphatic heterocycles. The standard InChI is InChI=1S/C90H129N4O19P/c1-8-9-10-11-12-13-14-15-16-17-20-23-38-49-86(99)109-67-79(68-112-114(104,105)111-58-57-94(5,6)7)113-87(100)50-39-24-21-18-19-22-37-48-82(84(97)55-56-85(98)92-83(90(103)110-66-76-46-35-28-36-47-76)60-72-51-53-78(54-52-72)108-65-75-44-33-27-34-45-75)93-89(102)81(71(4)107-64-74-42-31-26-32-43-74)61-77(96)62-91-88(101)80(59-69(2)95)70(3)106-63-73-40-29-25-30-41-73/h25-36,40-47,51-54,70-71,79-83H,8-24,37-39,48-50,55-68H2,1-7H3,(H3-,91,92,93,98,101,102,104,105)/t70-,71-,79-,80+,81+,82+,83+/m1/s1. The minimum atomic E-state index is -4.80. The number of rotatable bonds is 64. The van der Waals surface area contributed by atoms with Crippen molar-refractivity contribution in [3.63, 3.8) is 0 Å². The Morgan fingerprint density at radius 2 is 0.947 bits per heavy atom. The number of carbonyl (C=O) groups excluding carboxylic acids is 9. The fourth-order valence-corrected chi connectivity index (χ4v) is 13.5. The molecule has 0 aliphatic carbocycles. The maximum Gasteiger partial charge on any atom is 0.329 e. The number of nitrogens with zero attached hydrogens (tertiary/aromatic N) is 1. The Bertz CT molecular complexity index is 3620. The molecule has 0 heterocycles. The highest BCUT2D eigenvalue weighted by Crippen LogP contribution is 2.38. The third-order valence-corrected chi connectivity index (χ3v) is 20.7. The van der Waals surface area contributed by atoms with Crippen molar-refractivity contribution in [2.24, 2.45) is 11.8 Å². The van der Waals surface area contributed by atoms with Crippen LogP contribution >= 0.6 is 7.82 Å². The number of unbranched alkanes of at least 4 members (excludes halogenated alkanes) is 18. The zero-order valence-electron chi connectivity index (χ0n) is 68.7. The van der Waals surface area contributed by atoms with Gasteiger partial charge in [0.05, 0.1) is 77.6 Å². The van der Waals surface area contributed by atoms with Gasteiger partial charge in [-0.3, -0.25) is 38.1 Å². The number of amides is 3. The number of ether oxygens (including phenoxy) is 6. The molecule has 3 amide bonds. The Kier molecular flexibility index (Phi) is 47.4. The molecule has 0 radical (unpaired) electrons. The van der Waals surface area contributed by atoms with Crippen LogP contribution in [0.15, 0.2) is 146 Å². The van der Waals surface area contributed by atoms with E-state index in [0.717, 1.165) is 54.4 Å². The minimum absolute atomic E-state index is 0.00149. The van der Waals surface area contributed by atoms with Crippen molar-refractivity contribution in [3.05, 3.63) is 173 Å². The van der Waals surface area contributed by atoms with Gasteiger partial charge in [0.1, 0.15) is 50.5 Å². The van der Waals surface area contributed by atoms with Gasteiger partial charge in [0.15, 0.2) is 17.7 Å². The Morgan fingerprint density at radius 1 is 0.474 bits per heavy atom. The topological polar surface area (TPSA) is 304 Å². The maximum absolute atomic E-state index is 14.9. The van der Waals surface area contributed by atoms with Crippen molar-refractivity contribution in [2.45, 2.75) is 264 Å². The predicted molar refractivity (Wildman–Crippen MR) is 437 cm³/mol. The number of likely N-dealkylation sites (N-methyl/N-ethyl adjacent to an activating group) is 1. The lowest BCUT2D eigenvalue weighted by atomic mass is 9.93. The van der Waals surface area contributed by atoms with Crippen LogP contribution in [0.5, 0.6) is 5.75 Å². The SMILES string of the molecule is CCCCCCCCCCCCCCCC(=O)OC[C@H](COP(=O)([O-])OCC[N+](C)(C)C)OC(=O)CCCCCCCCC[C@H](NC(=O)[C@@H](CC(=O)CNC(=O)[C@@H](CC(C)=O)[C@@H](C)OCc1ccccc1)[C@@H](C)OCc1ccccc1)C(=O)CCC(=O)N[C@@H](Cc1ccc(OCc2ccccc2)cc1)C(=O)OCc1ccccc1. The van der Waals surface area contributed by atoms with E-state index in [1.165, 1.54) is 64.7 Å². The zero-order valence-corrected chi connectivity index (χ0v) is 69.6. The molecular weight excluding hydrogens is 1470 g/mol. The molecule has 0 bridgehead atoms. The highest BCUT2D eigenvalue weighted by Gasteiger charge is 2.34. The van der Waals surface area contributed by atoms with E-state index in [0.29, 0.717) is 67.5 Å². The second kappa shape index (κ2) is 56.1. The first-order valence-corrected chi connectivity index (χ1v) is 42.8. The fourth-order valence-electron chi connectivity index (χ4n) is 12.8. The summed E-state index contributed by atoms with van der Waals surface area (Å²) in [6.07, 6.45) is 15.7. The first-order chi connectivity index (χ1) is 54.8. The summed E-state index contributed by atoms with van der Waals surface area (Å²) < 4.78 is 58.6. The van der Waals surface area contributed by atoms with Gasteiger partial charge in [-0.05, 0) is 80.0 Å². The number of hydrogen-bond acceptors (Lipinski definition) is 19. The quantitative estimate of drug-likeness (QED) is 0.0107. The molecule has 0 aromatic heterocycles. The monoisotopic (exact) mass is 1600 g/mol. The Balaban J connectivity index is 1.23. The van der Waals surface area contributed by atoms with E-state index in [9.17, 15) is 52.6 Å². The summed E-state index contributed by atoms with van der Waals surface area (Å²) in [5, 5.41) is 8.43. The Labute approximate surface area is 677 Å². The summed E-state index contributed by atoms with van der Waals surface area (Å²) in [4.78, 5) is 137. The number of phosphoric acid groups is 1. The van der Waals surface area contributed by atoms with Crippen molar-refractivity contribution in [2.75, 3.05) is 54.1 Å². The van der Waals surface area contributed by atoms with Crippen LogP contribution < -0.4 is 25.6 Å². The predicted octanol–water partition coefficient (Wildman–Crippen LogP) is 15.0. The van der Waals surface area contributed by atoms with Gasteiger partial charge in [0.25, 0.3) is 7.82 Å². The highest BCUT2D eigenvalue weighted by atomic mass is 31.2. The third kappa shape index (κ3) is 44.0. The molecule has 8 atom stereocenters. The van der Waals surface area contributed by atoms with Gasteiger partial charge < -0.3 is 67.6 Å². The molecule has 114 heavy (non-hydrogen) atoms. The zero-order chi connectivity index (χ0) is 82.6. The molecule has 0 fully saturated rings. The van der Waals surface area contributed by atoms with Crippen LogP contribution in [0.1, 0.15) is 229 Å². The molecule has 23 nitrogen and oxygen atoms in total. The summed E-state index contributed by atoms with van der Waals surface area (Å²) in [6, 6.07) is 42.2. The van der Waals surface area contributed by atoms with E-state index in [4.69, 9.17) is 37.5 Å². The molecule has 628 valence electrons. The number of hydrogen-bond donors (Lipinski definition) is 3. The maximum atomic E-state index is 14.9. The van der Waals surface area contributed by atoms with Crippen molar-refractivity contribution in [3.8, 4) is 5.75 Å². The molecule has 0 saturated heterocycles. The van der Waals surface area contributed by atoms with Gasteiger partial charge in [0, 0.05) is 44.9 Å². The lowest BCUT2D eigenvalue weighted by molar-refractivity contribution is -0.870. The van der Waals surface area contributed by atoms with Gasteiger partial charge >= 0.3 is 17.9 Å². The molecule has 0 saturated carbocycles. The summed E-state index contributed by atoms with van der Waals surface area (Å²) in [7, 11) is 0.851. The second-order valence-corrected chi connectivity index (χ2v) is 32.2. The molecule has 1 unspecified atom stereocenters. The number of carbonyl (C=O) groups is 9. The summed E-state index contributed by atoms with van der Waals surface area (Å²) in [5.41, 5.74) is 4.10. The average Bonchev–Trinajstić information content (AvgIpc) is 0.876. The number of phosphoric ester groups is 1. The first-order valence-electron chi connectivity index (χ1n) is 41.3. The smallest absolute Gasteiger partial charge is 0.329 e. The highest BCUT2D eigenvalue weighted by molar-refractivity contribution is 7.45.